The van der Waals surface area contributed by atoms with Gasteiger partial charge in [-0.1, -0.05) is 0 Å². The lowest BCUT2D eigenvalue weighted by atomic mass is 10.2. The summed E-state index contributed by atoms with van der Waals surface area (Å²) >= 11 is 8.99. The Morgan fingerprint density at radius 2 is 2.26 bits per heavy atom. The summed E-state index contributed by atoms with van der Waals surface area (Å²) < 4.78 is 15.7. The fraction of sp³-hybridized carbons (Fsp3) is 0.333. The van der Waals surface area contributed by atoms with E-state index in [1.807, 2.05) is 4.57 Å². The van der Waals surface area contributed by atoms with Gasteiger partial charge in [-0.3, -0.25) is 4.79 Å². The van der Waals surface area contributed by atoms with Crippen molar-refractivity contribution in [1.29, 1.82) is 0 Å². The van der Waals surface area contributed by atoms with E-state index in [0.717, 1.165) is 5.52 Å². The Kier molecular flexibility index (Phi) is 4.42. The van der Waals surface area contributed by atoms with Crippen molar-refractivity contribution in [1.82, 2.24) is 9.55 Å². The molecule has 0 aliphatic heterocycles. The molecule has 7 heteroatoms. The van der Waals surface area contributed by atoms with Gasteiger partial charge in [0, 0.05) is 19.0 Å². The Bertz CT molecular complexity index is 629. The van der Waals surface area contributed by atoms with E-state index in [-0.39, 0.29) is 17.6 Å². The molecule has 2 rings (SSSR count). The number of hydrogen-bond donors (Lipinski definition) is 1. The monoisotopic (exact) mass is 347 g/mol. The molecular weight excluding hydrogens is 337 g/mol. The molecule has 1 amide bonds. The first kappa shape index (κ1) is 14.3. The van der Waals surface area contributed by atoms with Gasteiger partial charge in [-0.2, -0.15) is 0 Å². The number of imidazole rings is 1. The Morgan fingerprint density at radius 1 is 1.53 bits per heavy atom. The van der Waals surface area contributed by atoms with Crippen molar-refractivity contribution in [3.63, 3.8) is 0 Å². The number of carbonyl (C=O) groups is 1. The SMILES string of the molecule is NC(=O)CCCn1c(CCl)nc2cc(F)c(Br)cc21. The van der Waals surface area contributed by atoms with Crippen LogP contribution in [0, 0.1) is 5.82 Å². The van der Waals surface area contributed by atoms with Crippen molar-refractivity contribution in [2.45, 2.75) is 25.3 Å². The Balaban J connectivity index is 2.39. The Hall–Kier alpha value is -1.14. The third kappa shape index (κ3) is 3.06. The Labute approximate surface area is 122 Å². The smallest absolute Gasteiger partial charge is 0.217 e. The first-order valence-corrected chi connectivity index (χ1v) is 7.04. The molecule has 0 radical (unpaired) electrons. The normalized spacial score (nSPS) is 11.1. The van der Waals surface area contributed by atoms with E-state index in [0.29, 0.717) is 35.2 Å². The van der Waals surface area contributed by atoms with Gasteiger partial charge in [-0.15, -0.1) is 11.6 Å². The standard InChI is InChI=1S/C12H12BrClFN3O/c13-7-4-10-9(5-8(7)15)17-12(6-14)18(10)3-1-2-11(16)19/h4-5H,1-3,6H2,(H2,16,19). The summed E-state index contributed by atoms with van der Waals surface area (Å²) in [6.07, 6.45) is 0.892. The van der Waals surface area contributed by atoms with Crippen LogP contribution in [0.15, 0.2) is 16.6 Å². The highest BCUT2D eigenvalue weighted by molar-refractivity contribution is 9.10. The fourth-order valence-electron chi connectivity index (χ4n) is 1.93. The van der Waals surface area contributed by atoms with Crippen molar-refractivity contribution in [2.75, 3.05) is 0 Å². The number of primary amides is 1. The molecular formula is C12H12BrClFN3O. The van der Waals surface area contributed by atoms with E-state index in [4.69, 9.17) is 17.3 Å². The number of nitrogens with two attached hydrogens (primary N) is 1. The van der Waals surface area contributed by atoms with Crippen LogP contribution in [0.2, 0.25) is 0 Å². The highest BCUT2D eigenvalue weighted by atomic mass is 79.9. The van der Waals surface area contributed by atoms with Gasteiger partial charge in [-0.25, -0.2) is 9.37 Å². The predicted octanol–water partition coefficient (Wildman–Crippen LogP) is 2.94. The van der Waals surface area contributed by atoms with Crippen LogP contribution < -0.4 is 5.73 Å². The number of nitrogens with zero attached hydrogens (tertiary/aromatic N) is 2. The molecule has 0 atom stereocenters. The van der Waals surface area contributed by atoms with E-state index >= 15 is 0 Å². The number of fused-ring (bicyclic) bond motifs is 1. The lowest BCUT2D eigenvalue weighted by Crippen LogP contribution is -2.12. The van der Waals surface area contributed by atoms with Gasteiger partial charge in [0.2, 0.25) is 5.91 Å². The Morgan fingerprint density at radius 3 is 2.89 bits per heavy atom. The number of rotatable bonds is 5. The van der Waals surface area contributed by atoms with E-state index in [1.54, 1.807) is 6.07 Å². The molecule has 102 valence electrons. The molecule has 0 aliphatic carbocycles. The number of hydrogen-bond acceptors (Lipinski definition) is 2. The number of amides is 1. The minimum atomic E-state index is -0.365. The second kappa shape index (κ2) is 5.88. The van der Waals surface area contributed by atoms with Gasteiger partial charge < -0.3 is 10.3 Å². The van der Waals surface area contributed by atoms with E-state index < -0.39 is 0 Å². The van der Waals surface area contributed by atoms with Crippen LogP contribution >= 0.6 is 27.5 Å². The van der Waals surface area contributed by atoms with Crippen molar-refractivity contribution in [3.8, 4) is 0 Å². The maximum Gasteiger partial charge on any atom is 0.217 e. The second-order valence-corrected chi connectivity index (χ2v) is 5.26. The molecule has 0 saturated carbocycles. The molecule has 2 N–H and O–H groups in total. The average Bonchev–Trinajstić information content (AvgIpc) is 2.67. The quantitative estimate of drug-likeness (QED) is 0.845. The minimum Gasteiger partial charge on any atom is -0.370 e. The van der Waals surface area contributed by atoms with Crippen LogP contribution in [-0.2, 0) is 17.2 Å². The molecule has 4 nitrogen and oxygen atoms in total. The van der Waals surface area contributed by atoms with Crippen LogP contribution in [0.25, 0.3) is 11.0 Å². The molecule has 0 aliphatic rings. The molecule has 0 unspecified atom stereocenters. The minimum absolute atomic E-state index is 0.227. The van der Waals surface area contributed by atoms with Gasteiger partial charge in [0.15, 0.2) is 0 Å². The number of halogens is 3. The van der Waals surface area contributed by atoms with Crippen molar-refractivity contribution >= 4 is 44.5 Å². The first-order chi connectivity index (χ1) is 9.02. The molecule has 0 bridgehead atoms. The van der Waals surface area contributed by atoms with Gasteiger partial charge in [-0.05, 0) is 28.4 Å². The first-order valence-electron chi connectivity index (χ1n) is 5.71. The van der Waals surface area contributed by atoms with Crippen LogP contribution in [-0.4, -0.2) is 15.5 Å². The summed E-state index contributed by atoms with van der Waals surface area (Å²) in [6.45, 7) is 0.569. The largest absolute Gasteiger partial charge is 0.370 e. The molecule has 0 saturated heterocycles. The number of alkyl halides is 1. The molecule has 2 aromatic rings. The zero-order chi connectivity index (χ0) is 14.0. The molecule has 1 aromatic carbocycles. The molecule has 1 heterocycles. The van der Waals surface area contributed by atoms with Crippen molar-refractivity contribution in [3.05, 3.63) is 28.2 Å². The molecule has 0 spiro atoms. The van der Waals surface area contributed by atoms with Gasteiger partial charge >= 0.3 is 0 Å². The van der Waals surface area contributed by atoms with Crippen LogP contribution in [0.4, 0.5) is 4.39 Å². The maximum atomic E-state index is 13.5. The summed E-state index contributed by atoms with van der Waals surface area (Å²) in [5.41, 5.74) is 6.45. The van der Waals surface area contributed by atoms with E-state index in [9.17, 15) is 9.18 Å². The topological polar surface area (TPSA) is 60.9 Å². The maximum absolute atomic E-state index is 13.5. The van der Waals surface area contributed by atoms with Gasteiger partial charge in [0.1, 0.15) is 11.6 Å². The summed E-state index contributed by atoms with van der Waals surface area (Å²) in [4.78, 5) is 15.0. The summed E-state index contributed by atoms with van der Waals surface area (Å²) in [5, 5.41) is 0. The van der Waals surface area contributed by atoms with Crippen molar-refractivity contribution < 1.29 is 9.18 Å². The number of carbonyl (C=O) groups excluding carboxylic acids is 1. The predicted molar refractivity (Wildman–Crippen MR) is 75.4 cm³/mol. The fourth-order valence-corrected chi connectivity index (χ4v) is 2.47. The zero-order valence-corrected chi connectivity index (χ0v) is 12.3. The second-order valence-electron chi connectivity index (χ2n) is 4.14. The highest BCUT2D eigenvalue weighted by Crippen LogP contribution is 2.25. The zero-order valence-electron chi connectivity index (χ0n) is 10.00. The number of benzene rings is 1. The van der Waals surface area contributed by atoms with Crippen molar-refractivity contribution in [2.24, 2.45) is 5.73 Å². The summed E-state index contributed by atoms with van der Waals surface area (Å²) in [7, 11) is 0. The van der Waals surface area contributed by atoms with Gasteiger partial charge in [0.25, 0.3) is 0 Å². The van der Waals surface area contributed by atoms with Crippen LogP contribution in [0.3, 0.4) is 0 Å². The van der Waals surface area contributed by atoms with Gasteiger partial charge in [0.05, 0.1) is 21.4 Å². The van der Waals surface area contributed by atoms with Crippen LogP contribution in [0.5, 0.6) is 0 Å². The number of aromatic nitrogens is 2. The number of aryl methyl sites for hydroxylation is 1. The third-order valence-corrected chi connectivity index (χ3v) is 3.64. The molecule has 0 fully saturated rings. The van der Waals surface area contributed by atoms with Crippen LogP contribution in [0.1, 0.15) is 18.7 Å². The summed E-state index contributed by atoms with van der Waals surface area (Å²) in [5.74, 6) is 0.169. The lowest BCUT2D eigenvalue weighted by Gasteiger charge is -2.07. The summed E-state index contributed by atoms with van der Waals surface area (Å²) in [6, 6.07) is 3.03. The van der Waals surface area contributed by atoms with E-state index in [2.05, 4.69) is 20.9 Å². The molecule has 1 aromatic heterocycles. The average molecular weight is 349 g/mol. The lowest BCUT2D eigenvalue weighted by molar-refractivity contribution is -0.118. The highest BCUT2D eigenvalue weighted by Gasteiger charge is 2.13. The van der Waals surface area contributed by atoms with E-state index in [1.165, 1.54) is 6.07 Å². The third-order valence-electron chi connectivity index (χ3n) is 2.79. The molecule has 19 heavy (non-hydrogen) atoms.